The van der Waals surface area contributed by atoms with Gasteiger partial charge in [0.25, 0.3) is 0 Å². The van der Waals surface area contributed by atoms with Gasteiger partial charge < -0.3 is 29.2 Å². The molecule has 3 saturated heterocycles. The number of hydrogen-bond donors (Lipinski definition) is 2. The van der Waals surface area contributed by atoms with Crippen molar-refractivity contribution in [2.45, 2.75) is 216 Å². The molecule has 9 atom stereocenters. The lowest BCUT2D eigenvalue weighted by Gasteiger charge is -2.24. The highest BCUT2D eigenvalue weighted by molar-refractivity contribution is 5.90. The molecule has 0 amide bonds. The van der Waals surface area contributed by atoms with E-state index in [0.717, 1.165) is 77.0 Å². The Balaban J connectivity index is 1.00. The lowest BCUT2D eigenvalue weighted by Crippen LogP contribution is -2.33. The van der Waals surface area contributed by atoms with Crippen molar-refractivity contribution in [3.8, 4) is 0 Å². The quantitative estimate of drug-likeness (QED) is 0.0939. The maximum absolute atomic E-state index is 11.7. The molecule has 0 aliphatic carbocycles. The minimum atomic E-state index is -0.481. The molecule has 254 valence electrons. The van der Waals surface area contributed by atoms with Gasteiger partial charge in [-0.05, 0) is 70.8 Å². The minimum Gasteiger partial charge on any atom is -0.455 e. The van der Waals surface area contributed by atoms with E-state index in [-0.39, 0.29) is 48.7 Å². The molecule has 0 aromatic heterocycles. The summed E-state index contributed by atoms with van der Waals surface area (Å²) in [6.45, 7) is 4.11. The Kier molecular flexibility index (Phi) is 16.0. The molecule has 2 N–H and O–H groups in total. The molecule has 0 spiro atoms. The highest BCUT2D eigenvalue weighted by Crippen LogP contribution is 2.37. The Bertz CT molecular complexity index is 846. The summed E-state index contributed by atoms with van der Waals surface area (Å²) in [6, 6.07) is 0. The molecule has 7 heteroatoms. The Morgan fingerprint density at radius 2 is 1.27 bits per heavy atom. The smallest absolute Gasteiger partial charge is 0.334 e. The van der Waals surface area contributed by atoms with Gasteiger partial charge >= 0.3 is 5.97 Å². The molecule has 0 radical (unpaired) electrons. The molecule has 4 aliphatic heterocycles. The van der Waals surface area contributed by atoms with Crippen LogP contribution >= 0.6 is 0 Å². The van der Waals surface area contributed by atoms with Crippen molar-refractivity contribution in [3.63, 3.8) is 0 Å². The van der Waals surface area contributed by atoms with Crippen LogP contribution in [0, 0.1) is 0 Å². The summed E-state index contributed by atoms with van der Waals surface area (Å²) >= 11 is 0. The van der Waals surface area contributed by atoms with Crippen molar-refractivity contribution in [1.29, 1.82) is 0 Å². The Morgan fingerprint density at radius 1 is 0.705 bits per heavy atom. The lowest BCUT2D eigenvalue weighted by atomic mass is 10.0. The van der Waals surface area contributed by atoms with Gasteiger partial charge in [-0.2, -0.15) is 0 Å². The Hall–Kier alpha value is -0.990. The summed E-state index contributed by atoms with van der Waals surface area (Å²) in [7, 11) is 0. The zero-order valence-corrected chi connectivity index (χ0v) is 28.0. The van der Waals surface area contributed by atoms with Gasteiger partial charge in [-0.3, -0.25) is 0 Å². The Morgan fingerprint density at radius 3 is 1.95 bits per heavy atom. The van der Waals surface area contributed by atoms with Crippen molar-refractivity contribution in [2.75, 3.05) is 0 Å². The fourth-order valence-electron chi connectivity index (χ4n) is 7.79. The van der Waals surface area contributed by atoms with E-state index in [1.54, 1.807) is 0 Å². The molecule has 0 aromatic rings. The van der Waals surface area contributed by atoms with E-state index < -0.39 is 6.10 Å². The van der Waals surface area contributed by atoms with Crippen LogP contribution in [0.2, 0.25) is 0 Å². The zero-order valence-electron chi connectivity index (χ0n) is 28.0. The van der Waals surface area contributed by atoms with Crippen molar-refractivity contribution in [2.24, 2.45) is 0 Å². The molecule has 0 bridgehead atoms. The maximum atomic E-state index is 11.7. The Labute approximate surface area is 267 Å². The average molecular weight is 621 g/mol. The number of rotatable bonds is 22. The number of carbonyl (C=O) groups excluding carboxylic acids is 1. The normalized spacial score (nSPS) is 31.9. The van der Waals surface area contributed by atoms with Crippen LogP contribution in [0.25, 0.3) is 0 Å². The third-order valence-electron chi connectivity index (χ3n) is 10.4. The number of aliphatic hydroxyl groups is 2. The van der Waals surface area contributed by atoms with Gasteiger partial charge in [-0.15, -0.1) is 0 Å². The SMILES string of the molecule is CCCCCCCCCCCCC(O)[C@@H]1CC[C@@H]([C@@H]2CC[C@@H]([C@@H]3CC[C@@H](CCCCC[C@@H](O)CC4=C[C@H](C)OC4=O)O3)O2)O1. The van der Waals surface area contributed by atoms with Crippen LogP contribution in [-0.4, -0.2) is 71.1 Å². The molecule has 4 aliphatic rings. The zero-order chi connectivity index (χ0) is 31.1. The van der Waals surface area contributed by atoms with Gasteiger partial charge in [-0.1, -0.05) is 90.4 Å². The molecule has 44 heavy (non-hydrogen) atoms. The van der Waals surface area contributed by atoms with E-state index in [2.05, 4.69) is 6.92 Å². The number of aliphatic hydroxyl groups excluding tert-OH is 2. The van der Waals surface area contributed by atoms with Crippen LogP contribution in [0.4, 0.5) is 0 Å². The number of esters is 1. The highest BCUT2D eigenvalue weighted by Gasteiger charge is 2.43. The fourth-order valence-corrected chi connectivity index (χ4v) is 7.79. The van der Waals surface area contributed by atoms with E-state index in [1.807, 2.05) is 13.0 Å². The van der Waals surface area contributed by atoms with Gasteiger partial charge in [-0.25, -0.2) is 4.79 Å². The first-order chi connectivity index (χ1) is 21.4. The summed E-state index contributed by atoms with van der Waals surface area (Å²) in [4.78, 5) is 11.7. The third-order valence-corrected chi connectivity index (χ3v) is 10.4. The van der Waals surface area contributed by atoms with E-state index in [0.29, 0.717) is 24.5 Å². The summed E-state index contributed by atoms with van der Waals surface area (Å²) < 4.78 is 24.4. The van der Waals surface area contributed by atoms with Crippen LogP contribution in [0.3, 0.4) is 0 Å². The van der Waals surface area contributed by atoms with Crippen LogP contribution in [0.5, 0.6) is 0 Å². The number of ether oxygens (including phenoxy) is 4. The molecule has 7 nitrogen and oxygen atoms in total. The molecule has 4 heterocycles. The van der Waals surface area contributed by atoms with Gasteiger partial charge in [0.05, 0.1) is 48.8 Å². The first-order valence-corrected chi connectivity index (χ1v) is 18.7. The lowest BCUT2D eigenvalue weighted by molar-refractivity contribution is -0.139. The number of carbonyl (C=O) groups is 1. The molecule has 3 fully saturated rings. The maximum Gasteiger partial charge on any atom is 0.334 e. The first-order valence-electron chi connectivity index (χ1n) is 18.7. The van der Waals surface area contributed by atoms with Gasteiger partial charge in [0.1, 0.15) is 6.10 Å². The minimum absolute atomic E-state index is 0.0329. The number of cyclic esters (lactones) is 1. The first kappa shape index (κ1) is 35.9. The third kappa shape index (κ3) is 12.0. The van der Waals surface area contributed by atoms with E-state index in [9.17, 15) is 15.0 Å². The predicted octanol–water partition coefficient (Wildman–Crippen LogP) is 7.87. The van der Waals surface area contributed by atoms with Crippen LogP contribution < -0.4 is 0 Å². The van der Waals surface area contributed by atoms with Crippen LogP contribution in [-0.2, 0) is 23.7 Å². The van der Waals surface area contributed by atoms with Crippen molar-refractivity contribution >= 4 is 5.97 Å². The molecule has 4 rings (SSSR count). The second kappa shape index (κ2) is 19.6. The van der Waals surface area contributed by atoms with Gasteiger partial charge in [0, 0.05) is 12.0 Å². The largest absolute Gasteiger partial charge is 0.455 e. The van der Waals surface area contributed by atoms with Crippen molar-refractivity contribution in [1.82, 2.24) is 0 Å². The van der Waals surface area contributed by atoms with Crippen LogP contribution in [0.1, 0.15) is 162 Å². The molecule has 0 aromatic carbocycles. The summed E-state index contributed by atoms with van der Waals surface area (Å²) in [5.74, 6) is -0.282. The second-order valence-corrected chi connectivity index (χ2v) is 14.3. The van der Waals surface area contributed by atoms with Crippen molar-refractivity contribution < 1.29 is 34.0 Å². The molecular weight excluding hydrogens is 556 g/mol. The second-order valence-electron chi connectivity index (χ2n) is 14.3. The molecule has 1 unspecified atom stereocenters. The van der Waals surface area contributed by atoms with E-state index in [4.69, 9.17) is 18.9 Å². The summed E-state index contributed by atoms with van der Waals surface area (Å²) in [5, 5.41) is 21.1. The van der Waals surface area contributed by atoms with Gasteiger partial charge in [0.2, 0.25) is 0 Å². The average Bonchev–Trinajstić information content (AvgIpc) is 3.81. The number of unbranched alkanes of at least 4 members (excludes halogenated alkanes) is 11. The van der Waals surface area contributed by atoms with E-state index in [1.165, 1.54) is 57.8 Å². The van der Waals surface area contributed by atoms with Crippen molar-refractivity contribution in [3.05, 3.63) is 11.6 Å². The fraction of sp³-hybridized carbons (Fsp3) is 0.919. The number of hydrogen-bond acceptors (Lipinski definition) is 7. The van der Waals surface area contributed by atoms with Crippen LogP contribution in [0.15, 0.2) is 11.6 Å². The summed E-state index contributed by atoms with van der Waals surface area (Å²) in [6.07, 6.45) is 27.1. The van der Waals surface area contributed by atoms with E-state index >= 15 is 0 Å². The topological polar surface area (TPSA) is 94.5 Å². The standard InChI is InChI=1S/C37H64O7/c1-3-4-5-6-7-8-9-10-11-15-18-31(39)32-21-22-35(43-32)36-24-23-34(44-36)33-20-19-30(42-33)17-14-12-13-16-29(38)26-28-25-27(2)41-37(28)40/h25,27,29-36,38-39H,3-24,26H2,1-2H3/t27-,29+,30+,31?,32-,33-,34-,35-,36-/m0/s1. The predicted molar refractivity (Wildman–Crippen MR) is 173 cm³/mol. The monoisotopic (exact) mass is 620 g/mol. The van der Waals surface area contributed by atoms with Gasteiger partial charge in [0.15, 0.2) is 0 Å². The molecular formula is C37H64O7. The highest BCUT2D eigenvalue weighted by atomic mass is 16.6. The molecule has 0 saturated carbocycles. The summed E-state index contributed by atoms with van der Waals surface area (Å²) in [5.41, 5.74) is 0.614.